The lowest BCUT2D eigenvalue weighted by Gasteiger charge is -2.08. The number of ether oxygens (including phenoxy) is 1. The van der Waals surface area contributed by atoms with Crippen molar-refractivity contribution < 1.29 is 27.5 Å². The summed E-state index contributed by atoms with van der Waals surface area (Å²) in [5.74, 6) is -1.15. The summed E-state index contributed by atoms with van der Waals surface area (Å²) in [6.07, 6.45) is -4.45. The van der Waals surface area contributed by atoms with Crippen LogP contribution in [0.25, 0.3) is 0 Å². The van der Waals surface area contributed by atoms with Crippen LogP contribution in [0, 0.1) is 5.92 Å². The molecular formula is C9H14F3NO3. The summed E-state index contributed by atoms with van der Waals surface area (Å²) in [5, 5.41) is 2.17. The molecule has 0 aliphatic rings. The Hall–Kier alpha value is -1.11. The van der Waals surface area contributed by atoms with Crippen molar-refractivity contribution >= 4 is 11.7 Å². The Balaban J connectivity index is 3.64. The Morgan fingerprint density at radius 2 is 1.88 bits per heavy atom. The minimum atomic E-state index is -4.45. The van der Waals surface area contributed by atoms with E-state index in [1.54, 1.807) is 13.8 Å². The lowest BCUT2D eigenvalue weighted by molar-refractivity contribution is -0.175. The first kappa shape index (κ1) is 14.9. The summed E-state index contributed by atoms with van der Waals surface area (Å²) in [6.45, 7) is 0.957. The van der Waals surface area contributed by atoms with Crippen molar-refractivity contribution in [3.05, 3.63) is 0 Å². The molecular weight excluding hydrogens is 227 g/mol. The summed E-state index contributed by atoms with van der Waals surface area (Å²) in [6, 6.07) is 0. The molecule has 1 amide bonds. The fourth-order valence-corrected chi connectivity index (χ4v) is 0.700. The van der Waals surface area contributed by atoms with Crippen molar-refractivity contribution in [2.24, 2.45) is 5.92 Å². The van der Waals surface area contributed by atoms with Gasteiger partial charge in [-0.3, -0.25) is 9.59 Å². The van der Waals surface area contributed by atoms with E-state index >= 15 is 0 Å². The van der Waals surface area contributed by atoms with E-state index in [9.17, 15) is 22.8 Å². The summed E-state index contributed by atoms with van der Waals surface area (Å²) in [4.78, 5) is 21.9. The molecule has 0 radical (unpaired) electrons. The second-order valence-corrected chi connectivity index (χ2v) is 3.51. The first-order chi connectivity index (χ1) is 7.22. The van der Waals surface area contributed by atoms with E-state index in [0.717, 1.165) is 0 Å². The van der Waals surface area contributed by atoms with Gasteiger partial charge in [-0.1, -0.05) is 13.8 Å². The van der Waals surface area contributed by atoms with Crippen LogP contribution in [0.15, 0.2) is 0 Å². The van der Waals surface area contributed by atoms with E-state index in [1.165, 1.54) is 0 Å². The van der Waals surface area contributed by atoms with Gasteiger partial charge in [0.05, 0.1) is 6.54 Å². The van der Waals surface area contributed by atoms with Crippen molar-refractivity contribution in [2.45, 2.75) is 20.0 Å². The zero-order valence-corrected chi connectivity index (χ0v) is 9.06. The van der Waals surface area contributed by atoms with E-state index < -0.39 is 25.3 Å². The summed E-state index contributed by atoms with van der Waals surface area (Å²) in [5.41, 5.74) is 0. The number of amides is 1. The van der Waals surface area contributed by atoms with Crippen LogP contribution in [-0.4, -0.2) is 37.6 Å². The number of alkyl halides is 3. The Labute approximate surface area is 91.1 Å². The minimum Gasteiger partial charge on any atom is -0.362 e. The Morgan fingerprint density at radius 3 is 2.31 bits per heavy atom. The molecule has 0 heterocycles. The third-order valence-corrected chi connectivity index (χ3v) is 1.60. The van der Waals surface area contributed by atoms with Crippen molar-refractivity contribution in [3.8, 4) is 0 Å². The van der Waals surface area contributed by atoms with Gasteiger partial charge in [0.25, 0.3) is 0 Å². The lowest BCUT2D eigenvalue weighted by atomic mass is 10.1. The molecule has 0 aromatic rings. The van der Waals surface area contributed by atoms with Crippen LogP contribution in [0.3, 0.4) is 0 Å². The highest BCUT2D eigenvalue weighted by Crippen LogP contribution is 2.13. The van der Waals surface area contributed by atoms with E-state index in [1.807, 2.05) is 0 Å². The van der Waals surface area contributed by atoms with Crippen LogP contribution >= 0.6 is 0 Å². The van der Waals surface area contributed by atoms with Gasteiger partial charge in [0.2, 0.25) is 5.91 Å². The Kier molecular flexibility index (Phi) is 6.02. The van der Waals surface area contributed by atoms with Crippen LogP contribution in [-0.2, 0) is 14.3 Å². The summed E-state index contributed by atoms with van der Waals surface area (Å²) in [7, 11) is 0. The molecule has 0 atom stereocenters. The van der Waals surface area contributed by atoms with Crippen LogP contribution in [0.2, 0.25) is 0 Å². The van der Waals surface area contributed by atoms with Gasteiger partial charge in [-0.25, -0.2) is 0 Å². The van der Waals surface area contributed by atoms with Gasteiger partial charge in [-0.05, 0) is 0 Å². The van der Waals surface area contributed by atoms with Crippen molar-refractivity contribution in [2.75, 3.05) is 19.8 Å². The maximum absolute atomic E-state index is 11.6. The molecule has 94 valence electrons. The molecule has 0 aliphatic carbocycles. The molecule has 16 heavy (non-hydrogen) atoms. The molecule has 0 spiro atoms. The third-order valence-electron chi connectivity index (χ3n) is 1.60. The number of rotatable bonds is 6. The third kappa shape index (κ3) is 8.22. The average molecular weight is 241 g/mol. The van der Waals surface area contributed by atoms with Gasteiger partial charge >= 0.3 is 6.18 Å². The molecule has 0 fully saturated rings. The zero-order valence-electron chi connectivity index (χ0n) is 9.06. The number of carbonyl (C=O) groups is 2. The highest BCUT2D eigenvalue weighted by Gasteiger charge is 2.27. The first-order valence-electron chi connectivity index (χ1n) is 4.66. The molecule has 0 aromatic heterocycles. The summed E-state index contributed by atoms with van der Waals surface area (Å²) >= 11 is 0. The second-order valence-electron chi connectivity index (χ2n) is 3.51. The van der Waals surface area contributed by atoms with Crippen LogP contribution < -0.4 is 5.32 Å². The van der Waals surface area contributed by atoms with Gasteiger partial charge in [-0.2, -0.15) is 13.2 Å². The Bertz CT molecular complexity index is 251. The number of nitrogens with one attached hydrogen (secondary N) is 1. The van der Waals surface area contributed by atoms with E-state index in [2.05, 4.69) is 10.1 Å². The van der Waals surface area contributed by atoms with Gasteiger partial charge < -0.3 is 10.1 Å². The average Bonchev–Trinajstić information content (AvgIpc) is 2.11. The lowest BCUT2D eigenvalue weighted by Crippen LogP contribution is -2.35. The molecule has 0 saturated carbocycles. The van der Waals surface area contributed by atoms with E-state index in [-0.39, 0.29) is 18.2 Å². The topological polar surface area (TPSA) is 55.4 Å². The predicted octanol–water partition coefficient (Wildman–Crippen LogP) is 0.907. The van der Waals surface area contributed by atoms with Crippen molar-refractivity contribution in [1.29, 1.82) is 0 Å². The fraction of sp³-hybridized carbons (Fsp3) is 0.778. The normalized spacial score (nSPS) is 11.6. The van der Waals surface area contributed by atoms with Gasteiger partial charge in [0.1, 0.15) is 13.2 Å². The SMILES string of the molecule is CC(C)C(=O)CNC(=O)COCC(F)(F)F. The first-order valence-corrected chi connectivity index (χ1v) is 4.66. The number of halogens is 3. The molecule has 0 aliphatic heterocycles. The number of hydrogen-bond donors (Lipinski definition) is 1. The number of hydrogen-bond acceptors (Lipinski definition) is 3. The molecule has 7 heteroatoms. The maximum atomic E-state index is 11.6. The highest BCUT2D eigenvalue weighted by molar-refractivity contribution is 5.87. The number of Topliss-reactive ketones (excluding diaryl/α,β-unsaturated/α-hetero) is 1. The minimum absolute atomic E-state index is 0.189. The predicted molar refractivity (Wildman–Crippen MR) is 49.7 cm³/mol. The standard InChI is InChI=1S/C9H14F3NO3/c1-6(2)7(14)3-13-8(15)4-16-5-9(10,11)12/h6H,3-5H2,1-2H3,(H,13,15). The number of ketones is 1. The molecule has 0 unspecified atom stereocenters. The monoisotopic (exact) mass is 241 g/mol. The molecule has 0 rings (SSSR count). The van der Waals surface area contributed by atoms with Gasteiger partial charge in [0, 0.05) is 5.92 Å². The highest BCUT2D eigenvalue weighted by atomic mass is 19.4. The Morgan fingerprint density at radius 1 is 1.31 bits per heavy atom. The van der Waals surface area contributed by atoms with Crippen LogP contribution in [0.1, 0.15) is 13.8 Å². The van der Waals surface area contributed by atoms with Gasteiger partial charge in [0.15, 0.2) is 5.78 Å². The molecule has 0 bridgehead atoms. The fourth-order valence-electron chi connectivity index (χ4n) is 0.700. The molecule has 0 aromatic carbocycles. The van der Waals surface area contributed by atoms with Crippen LogP contribution in [0.4, 0.5) is 13.2 Å². The summed E-state index contributed by atoms with van der Waals surface area (Å²) < 4.78 is 38.9. The quantitative estimate of drug-likeness (QED) is 0.751. The van der Waals surface area contributed by atoms with Crippen molar-refractivity contribution in [1.82, 2.24) is 5.32 Å². The second kappa shape index (κ2) is 6.47. The molecule has 0 saturated heterocycles. The largest absolute Gasteiger partial charge is 0.411 e. The zero-order chi connectivity index (χ0) is 12.8. The van der Waals surface area contributed by atoms with Crippen molar-refractivity contribution in [3.63, 3.8) is 0 Å². The molecule has 1 N–H and O–H groups in total. The maximum Gasteiger partial charge on any atom is 0.411 e. The van der Waals surface area contributed by atoms with E-state index in [0.29, 0.717) is 0 Å². The van der Waals surface area contributed by atoms with Gasteiger partial charge in [-0.15, -0.1) is 0 Å². The number of carbonyl (C=O) groups excluding carboxylic acids is 2. The van der Waals surface area contributed by atoms with E-state index in [4.69, 9.17) is 0 Å². The molecule has 4 nitrogen and oxygen atoms in total. The van der Waals surface area contributed by atoms with Crippen LogP contribution in [0.5, 0.6) is 0 Å². The smallest absolute Gasteiger partial charge is 0.362 e.